The molecule has 0 radical (unpaired) electrons. The minimum absolute atomic E-state index is 0.00440. The maximum atomic E-state index is 11.7. The zero-order chi connectivity index (χ0) is 12.2. The number of carbonyl (C=O) groups excluding carboxylic acids is 1. The van der Waals surface area contributed by atoms with Gasteiger partial charge < -0.3 is 5.11 Å². The largest absolute Gasteiger partial charge is 0.388 e. The predicted octanol–water partition coefficient (Wildman–Crippen LogP) is 1.29. The molecule has 4 heteroatoms. The van der Waals surface area contributed by atoms with Gasteiger partial charge in [-0.05, 0) is 20.8 Å². The van der Waals surface area contributed by atoms with E-state index in [1.54, 1.807) is 6.92 Å². The van der Waals surface area contributed by atoms with Crippen LogP contribution in [0.2, 0.25) is 0 Å². The Balaban J connectivity index is 4.38. The summed E-state index contributed by atoms with van der Waals surface area (Å²) in [4.78, 5) is 11.6. The van der Waals surface area contributed by atoms with Gasteiger partial charge in [-0.25, -0.2) is 0 Å². The molecule has 0 bridgehead atoms. The van der Waals surface area contributed by atoms with Crippen LogP contribution in [0.15, 0.2) is 12.7 Å². The Kier molecular flexibility index (Phi) is 5.38. The van der Waals surface area contributed by atoms with Crippen LogP contribution in [0, 0.1) is 5.92 Å². The lowest BCUT2D eigenvalue weighted by Crippen LogP contribution is -2.33. The zero-order valence-corrected chi connectivity index (χ0v) is 10.6. The lowest BCUT2D eigenvalue weighted by Gasteiger charge is -2.19. The molecule has 0 aliphatic carbocycles. The molecule has 1 N–H and O–H groups in total. The van der Waals surface area contributed by atoms with Gasteiger partial charge in [-0.1, -0.05) is 13.0 Å². The van der Waals surface area contributed by atoms with Gasteiger partial charge in [0.15, 0.2) is 5.78 Å². The van der Waals surface area contributed by atoms with Gasteiger partial charge in [-0.2, -0.15) is 0 Å². The van der Waals surface area contributed by atoms with Gasteiger partial charge in [0, 0.05) is 21.5 Å². The van der Waals surface area contributed by atoms with E-state index in [0.717, 1.165) is 0 Å². The Bertz CT molecular complexity index is 265. The molecule has 0 fully saturated rings. The van der Waals surface area contributed by atoms with Crippen LogP contribution in [0.3, 0.4) is 0 Å². The van der Waals surface area contributed by atoms with E-state index in [2.05, 4.69) is 6.58 Å². The van der Waals surface area contributed by atoms with E-state index in [-0.39, 0.29) is 11.5 Å². The third-order valence-corrected chi connectivity index (χ3v) is 4.13. The van der Waals surface area contributed by atoms with Crippen molar-refractivity contribution in [3.05, 3.63) is 12.7 Å². The van der Waals surface area contributed by atoms with Crippen molar-refractivity contribution >= 4 is 16.6 Å². The van der Waals surface area contributed by atoms with Crippen LogP contribution < -0.4 is 0 Å². The van der Waals surface area contributed by atoms with Crippen LogP contribution in [0.5, 0.6) is 0 Å². The van der Waals surface area contributed by atoms with Crippen molar-refractivity contribution in [2.24, 2.45) is 5.92 Å². The maximum absolute atomic E-state index is 11.7. The third-order valence-electron chi connectivity index (χ3n) is 2.22. The summed E-state index contributed by atoms with van der Waals surface area (Å²) in [7, 11) is -1.20. The van der Waals surface area contributed by atoms with Gasteiger partial charge in [-0.3, -0.25) is 9.00 Å². The smallest absolute Gasteiger partial charge is 0.151 e. The standard InChI is InChI=1S/C11H20O3S/c1-6-9(12)8(2)10(13)7-15(14)11(3,4)5/h6,8-9,12H,1,7H2,2-5H3/t8-,9+,15?/m1/s1. The average molecular weight is 232 g/mol. The Morgan fingerprint density at radius 3 is 2.33 bits per heavy atom. The van der Waals surface area contributed by atoms with Crippen LogP contribution in [-0.2, 0) is 15.6 Å². The predicted molar refractivity (Wildman–Crippen MR) is 63.1 cm³/mol. The van der Waals surface area contributed by atoms with Gasteiger partial charge in [-0.15, -0.1) is 6.58 Å². The average Bonchev–Trinajstić information content (AvgIpc) is 2.13. The van der Waals surface area contributed by atoms with Gasteiger partial charge in [0.2, 0.25) is 0 Å². The van der Waals surface area contributed by atoms with Crippen molar-refractivity contribution in [3.8, 4) is 0 Å². The third kappa shape index (κ3) is 4.71. The summed E-state index contributed by atoms with van der Waals surface area (Å²) in [6.45, 7) is 10.5. The normalized spacial score (nSPS) is 17.9. The molecule has 0 saturated heterocycles. The van der Waals surface area contributed by atoms with Crippen molar-refractivity contribution in [1.82, 2.24) is 0 Å². The number of hydrogen-bond donors (Lipinski definition) is 1. The first-order valence-corrected chi connectivity index (χ1v) is 6.24. The second-order valence-electron chi connectivity index (χ2n) is 4.58. The summed E-state index contributed by atoms with van der Waals surface area (Å²) < 4.78 is 11.3. The first-order valence-electron chi connectivity index (χ1n) is 4.92. The summed E-state index contributed by atoms with van der Waals surface area (Å²) in [5.41, 5.74) is 0. The van der Waals surface area contributed by atoms with Gasteiger partial charge >= 0.3 is 0 Å². The van der Waals surface area contributed by atoms with Crippen molar-refractivity contribution in [2.75, 3.05) is 5.75 Å². The molecule has 1 unspecified atom stereocenters. The molecule has 3 atom stereocenters. The summed E-state index contributed by atoms with van der Waals surface area (Å²) >= 11 is 0. The second-order valence-corrected chi connectivity index (χ2v) is 6.79. The van der Waals surface area contributed by atoms with Gasteiger partial charge in [0.1, 0.15) is 0 Å². The first kappa shape index (κ1) is 14.5. The monoisotopic (exact) mass is 232 g/mol. The molecule has 0 spiro atoms. The van der Waals surface area contributed by atoms with E-state index >= 15 is 0 Å². The SMILES string of the molecule is C=C[C@H](O)[C@@H](C)C(=O)CS(=O)C(C)(C)C. The fraction of sp³-hybridized carbons (Fsp3) is 0.727. The topological polar surface area (TPSA) is 54.4 Å². The molecular weight excluding hydrogens is 212 g/mol. The zero-order valence-electron chi connectivity index (χ0n) is 9.82. The molecule has 0 saturated carbocycles. The fourth-order valence-electron chi connectivity index (χ4n) is 0.872. The van der Waals surface area contributed by atoms with E-state index in [9.17, 15) is 14.1 Å². The number of hydrogen-bond acceptors (Lipinski definition) is 3. The molecule has 0 aromatic rings. The highest BCUT2D eigenvalue weighted by Gasteiger charge is 2.26. The molecule has 3 nitrogen and oxygen atoms in total. The minimum Gasteiger partial charge on any atom is -0.388 e. The highest BCUT2D eigenvalue weighted by molar-refractivity contribution is 7.87. The second kappa shape index (κ2) is 5.56. The Hall–Kier alpha value is -0.480. The molecule has 0 aliphatic rings. The van der Waals surface area contributed by atoms with Crippen molar-refractivity contribution < 1.29 is 14.1 Å². The molecule has 88 valence electrons. The Labute approximate surface area is 94.0 Å². The van der Waals surface area contributed by atoms with Crippen LogP contribution in [0.25, 0.3) is 0 Å². The molecular formula is C11H20O3S. The molecule has 0 aromatic carbocycles. The van der Waals surface area contributed by atoms with Crippen LogP contribution in [-0.4, -0.2) is 31.7 Å². The van der Waals surface area contributed by atoms with E-state index in [0.29, 0.717) is 0 Å². The maximum Gasteiger partial charge on any atom is 0.151 e. The summed E-state index contributed by atoms with van der Waals surface area (Å²) in [6.07, 6.45) is 0.470. The minimum atomic E-state index is -1.20. The number of Topliss-reactive ketones (excluding diaryl/α,β-unsaturated/α-hetero) is 1. The number of aliphatic hydroxyl groups excluding tert-OH is 1. The Morgan fingerprint density at radius 1 is 1.53 bits per heavy atom. The lowest BCUT2D eigenvalue weighted by molar-refractivity contribution is -0.122. The Morgan fingerprint density at radius 2 is 2.00 bits per heavy atom. The summed E-state index contributed by atoms with van der Waals surface area (Å²) in [5, 5.41) is 9.37. The molecule has 15 heavy (non-hydrogen) atoms. The number of rotatable bonds is 5. The van der Waals surface area contributed by atoms with E-state index in [1.165, 1.54) is 6.08 Å². The molecule has 0 aliphatic heterocycles. The quantitative estimate of drug-likeness (QED) is 0.727. The van der Waals surface area contributed by atoms with Crippen LogP contribution in [0.4, 0.5) is 0 Å². The number of carbonyl (C=O) groups is 1. The van der Waals surface area contributed by atoms with E-state index < -0.39 is 27.6 Å². The summed E-state index contributed by atoms with van der Waals surface area (Å²) in [5.74, 6) is -0.722. The lowest BCUT2D eigenvalue weighted by atomic mass is 10.0. The first-order chi connectivity index (χ1) is 6.70. The molecule has 0 aromatic heterocycles. The van der Waals surface area contributed by atoms with E-state index in [4.69, 9.17) is 0 Å². The molecule has 0 amide bonds. The molecule has 0 heterocycles. The number of ketones is 1. The van der Waals surface area contributed by atoms with Crippen LogP contribution >= 0.6 is 0 Å². The van der Waals surface area contributed by atoms with Gasteiger partial charge in [0.25, 0.3) is 0 Å². The van der Waals surface area contributed by atoms with Crippen LogP contribution in [0.1, 0.15) is 27.7 Å². The number of aliphatic hydroxyl groups is 1. The van der Waals surface area contributed by atoms with Crippen molar-refractivity contribution in [2.45, 2.75) is 38.5 Å². The molecule has 0 rings (SSSR count). The van der Waals surface area contributed by atoms with Gasteiger partial charge in [0.05, 0.1) is 11.9 Å². The van der Waals surface area contributed by atoms with Crippen molar-refractivity contribution in [1.29, 1.82) is 0 Å². The summed E-state index contributed by atoms with van der Waals surface area (Å²) in [6, 6.07) is 0. The van der Waals surface area contributed by atoms with Crippen molar-refractivity contribution in [3.63, 3.8) is 0 Å². The fourth-order valence-corrected chi connectivity index (χ4v) is 1.83. The highest BCUT2D eigenvalue weighted by Crippen LogP contribution is 2.14. The highest BCUT2D eigenvalue weighted by atomic mass is 32.2. The van der Waals surface area contributed by atoms with E-state index in [1.807, 2.05) is 20.8 Å².